The molecule has 36 heavy (non-hydrogen) atoms. The summed E-state index contributed by atoms with van der Waals surface area (Å²) in [6.45, 7) is 16.1. The van der Waals surface area contributed by atoms with E-state index in [0.717, 1.165) is 45.4 Å². The predicted octanol–water partition coefficient (Wildman–Crippen LogP) is 6.79. The molecule has 0 N–H and O–H groups in total. The summed E-state index contributed by atoms with van der Waals surface area (Å²) in [5.74, 6) is -2.88. The maximum Gasteiger partial charge on any atom is 0.309 e. The maximum absolute atomic E-state index is 14.2. The Morgan fingerprint density at radius 2 is 1.08 bits per heavy atom. The van der Waals surface area contributed by atoms with Crippen LogP contribution in [0, 0.1) is 59.3 Å². The van der Waals surface area contributed by atoms with Crippen LogP contribution in [-0.4, -0.2) is 24.6 Å². The molecule has 0 heterocycles. The van der Waals surface area contributed by atoms with Gasteiger partial charge in [0.25, 0.3) is 0 Å². The Kier molecular flexibility index (Phi) is 8.59. The third kappa shape index (κ3) is 5.33. The van der Waals surface area contributed by atoms with Crippen LogP contribution in [-0.2, 0) is 19.1 Å². The van der Waals surface area contributed by atoms with E-state index in [-0.39, 0.29) is 23.5 Å². The van der Waals surface area contributed by atoms with Crippen molar-refractivity contribution in [2.24, 2.45) is 17.8 Å². The molecule has 0 bridgehead atoms. The molecule has 194 valence electrons. The number of carbonyl (C=O) groups is 3. The summed E-state index contributed by atoms with van der Waals surface area (Å²) in [7, 11) is 1.37. The normalized spacial score (nSPS) is 21.5. The number of ether oxygens (including phenoxy) is 1. The molecule has 0 aromatic heterocycles. The number of hydrogen-bond donors (Lipinski definition) is 0. The Labute approximate surface area is 216 Å². The lowest BCUT2D eigenvalue weighted by Crippen LogP contribution is -2.45. The molecule has 2 aromatic carbocycles. The molecule has 2 aromatic rings. The van der Waals surface area contributed by atoms with Crippen LogP contribution in [0.4, 0.5) is 0 Å². The van der Waals surface area contributed by atoms with Crippen LogP contribution in [0.3, 0.4) is 0 Å². The van der Waals surface area contributed by atoms with Crippen molar-refractivity contribution in [1.29, 1.82) is 0 Å². The molecule has 0 spiro atoms. The molecule has 1 aliphatic rings. The quantitative estimate of drug-likeness (QED) is 0.401. The second-order valence-corrected chi connectivity index (χ2v) is 11.1. The van der Waals surface area contributed by atoms with Crippen LogP contribution in [0.1, 0.15) is 89.5 Å². The lowest BCUT2D eigenvalue weighted by Gasteiger charge is -2.38. The first-order valence-electron chi connectivity index (χ1n) is 13.2. The summed E-state index contributed by atoms with van der Waals surface area (Å²) in [5, 5.41) is 0. The van der Waals surface area contributed by atoms with Gasteiger partial charge in [0.05, 0.1) is 13.0 Å². The molecule has 0 radical (unpaired) electrons. The topological polar surface area (TPSA) is 60.4 Å². The van der Waals surface area contributed by atoms with Crippen molar-refractivity contribution in [3.63, 3.8) is 0 Å². The fourth-order valence-corrected chi connectivity index (χ4v) is 6.97. The molecule has 1 saturated carbocycles. The fourth-order valence-electron chi connectivity index (χ4n) is 6.97. The van der Waals surface area contributed by atoms with E-state index < -0.39 is 23.7 Å². The molecule has 0 aliphatic heterocycles. The molecule has 5 unspecified atom stereocenters. The number of benzene rings is 2. The summed E-state index contributed by atoms with van der Waals surface area (Å²) in [6, 6.07) is 8.41. The zero-order chi connectivity index (χ0) is 26.9. The number of ketones is 2. The number of carbonyl (C=O) groups excluding carboxylic acids is 3. The number of Topliss-reactive ketones (excluding diaryl/α,β-unsaturated/α-hetero) is 2. The molecular weight excluding hydrogens is 448 g/mol. The van der Waals surface area contributed by atoms with Crippen LogP contribution in [0.5, 0.6) is 0 Å². The highest BCUT2D eigenvalue weighted by atomic mass is 16.5. The SMILES string of the molecule is COC(=O)C1CCCC(C(=O)C(C)c2c(C)cc(C)cc2C)C1C(=O)C(C)c1c(C)cc(C)cc1C. The molecule has 1 aliphatic carbocycles. The first-order valence-corrected chi connectivity index (χ1v) is 13.2. The van der Waals surface area contributed by atoms with E-state index in [2.05, 4.69) is 38.1 Å². The van der Waals surface area contributed by atoms with Crippen molar-refractivity contribution < 1.29 is 19.1 Å². The average Bonchev–Trinajstić information content (AvgIpc) is 2.80. The molecule has 0 saturated heterocycles. The van der Waals surface area contributed by atoms with E-state index in [4.69, 9.17) is 4.74 Å². The van der Waals surface area contributed by atoms with Crippen LogP contribution in [0.2, 0.25) is 0 Å². The minimum absolute atomic E-state index is 0.0250. The molecule has 4 nitrogen and oxygen atoms in total. The largest absolute Gasteiger partial charge is 0.469 e. The summed E-state index contributed by atoms with van der Waals surface area (Å²) < 4.78 is 5.14. The number of rotatable bonds is 7. The van der Waals surface area contributed by atoms with Gasteiger partial charge in [-0.25, -0.2) is 0 Å². The van der Waals surface area contributed by atoms with Crippen LogP contribution >= 0.6 is 0 Å². The van der Waals surface area contributed by atoms with Crippen LogP contribution in [0.15, 0.2) is 24.3 Å². The molecular formula is C32H42O4. The highest BCUT2D eigenvalue weighted by Gasteiger charge is 2.47. The highest BCUT2D eigenvalue weighted by Crippen LogP contribution is 2.43. The van der Waals surface area contributed by atoms with Gasteiger partial charge in [0.15, 0.2) is 0 Å². The van der Waals surface area contributed by atoms with Gasteiger partial charge in [-0.15, -0.1) is 0 Å². The highest BCUT2D eigenvalue weighted by molar-refractivity contribution is 5.98. The van der Waals surface area contributed by atoms with E-state index in [9.17, 15) is 14.4 Å². The van der Waals surface area contributed by atoms with E-state index in [1.807, 2.05) is 41.5 Å². The van der Waals surface area contributed by atoms with Gasteiger partial charge in [-0.3, -0.25) is 14.4 Å². The lowest BCUT2D eigenvalue weighted by molar-refractivity contribution is -0.155. The zero-order valence-electron chi connectivity index (χ0n) is 23.5. The summed E-state index contributed by atoms with van der Waals surface area (Å²) >= 11 is 0. The number of methoxy groups -OCH3 is 1. The van der Waals surface area contributed by atoms with Crippen molar-refractivity contribution >= 4 is 17.5 Å². The van der Waals surface area contributed by atoms with Crippen molar-refractivity contribution in [3.05, 3.63) is 68.8 Å². The zero-order valence-corrected chi connectivity index (χ0v) is 23.5. The van der Waals surface area contributed by atoms with Crippen molar-refractivity contribution in [3.8, 4) is 0 Å². The van der Waals surface area contributed by atoms with Crippen LogP contribution in [0.25, 0.3) is 0 Å². The molecule has 5 atom stereocenters. The molecule has 1 fully saturated rings. The molecule has 0 amide bonds. The van der Waals surface area contributed by atoms with Gasteiger partial charge in [0.2, 0.25) is 0 Å². The van der Waals surface area contributed by atoms with E-state index in [1.165, 1.54) is 12.7 Å². The number of hydrogen-bond acceptors (Lipinski definition) is 4. The molecule has 3 rings (SSSR count). The minimum Gasteiger partial charge on any atom is -0.469 e. The monoisotopic (exact) mass is 490 g/mol. The van der Waals surface area contributed by atoms with Crippen molar-refractivity contribution in [1.82, 2.24) is 0 Å². The van der Waals surface area contributed by atoms with Crippen LogP contribution < -0.4 is 0 Å². The van der Waals surface area contributed by atoms with Gasteiger partial charge in [0, 0.05) is 23.7 Å². The standard InChI is InChI=1S/C32H42O4/c1-17-13-19(3)27(20(4)14-17)23(7)30(33)25-11-10-12-26(32(35)36-9)29(25)31(34)24(8)28-21(5)15-18(2)16-22(28)6/h13-16,23-26,29H,10-12H2,1-9H3. The van der Waals surface area contributed by atoms with E-state index in [1.54, 1.807) is 0 Å². The van der Waals surface area contributed by atoms with Gasteiger partial charge in [-0.05, 0) is 87.8 Å². The Morgan fingerprint density at radius 1 is 0.694 bits per heavy atom. The Bertz CT molecular complexity index is 1130. The minimum atomic E-state index is -0.678. The average molecular weight is 491 g/mol. The third-order valence-corrected chi connectivity index (χ3v) is 8.29. The number of esters is 1. The van der Waals surface area contributed by atoms with Gasteiger partial charge in [-0.1, -0.05) is 55.7 Å². The maximum atomic E-state index is 14.2. The summed E-state index contributed by atoms with van der Waals surface area (Å²) in [6.07, 6.45) is 1.92. The smallest absolute Gasteiger partial charge is 0.309 e. The van der Waals surface area contributed by atoms with Gasteiger partial charge < -0.3 is 4.74 Å². The Balaban J connectivity index is 2.05. The van der Waals surface area contributed by atoms with Crippen molar-refractivity contribution in [2.75, 3.05) is 7.11 Å². The second-order valence-electron chi connectivity index (χ2n) is 11.1. The van der Waals surface area contributed by atoms with E-state index >= 15 is 0 Å². The van der Waals surface area contributed by atoms with Gasteiger partial charge in [0.1, 0.15) is 11.6 Å². The predicted molar refractivity (Wildman–Crippen MR) is 144 cm³/mol. The molecule has 4 heteroatoms. The van der Waals surface area contributed by atoms with Gasteiger partial charge >= 0.3 is 5.97 Å². The Morgan fingerprint density at radius 3 is 1.50 bits per heavy atom. The fraction of sp³-hybridized carbons (Fsp3) is 0.531. The Hall–Kier alpha value is -2.75. The van der Waals surface area contributed by atoms with E-state index in [0.29, 0.717) is 12.8 Å². The second kappa shape index (κ2) is 11.1. The number of aryl methyl sites for hydroxylation is 6. The lowest BCUT2D eigenvalue weighted by atomic mass is 9.63. The summed E-state index contributed by atoms with van der Waals surface area (Å²) in [5.41, 5.74) is 8.69. The first-order chi connectivity index (χ1) is 16.9. The van der Waals surface area contributed by atoms with Crippen molar-refractivity contribution in [2.45, 2.75) is 86.5 Å². The third-order valence-electron chi connectivity index (χ3n) is 8.29. The summed E-state index contributed by atoms with van der Waals surface area (Å²) in [4.78, 5) is 41.2. The first kappa shape index (κ1) is 27.8. The van der Waals surface area contributed by atoms with Gasteiger partial charge in [-0.2, -0.15) is 0 Å².